The van der Waals surface area contributed by atoms with Crippen LogP contribution in [0.1, 0.15) is 47.0 Å². The molecular formula is C16H33F6N2O3PSi. The van der Waals surface area contributed by atoms with Crippen LogP contribution < -0.4 is 4.57 Å². The van der Waals surface area contributed by atoms with Crippen LogP contribution >= 0.6 is 7.81 Å². The van der Waals surface area contributed by atoms with Crippen LogP contribution in [0.5, 0.6) is 0 Å². The van der Waals surface area contributed by atoms with Gasteiger partial charge in [-0.25, -0.2) is 9.13 Å². The number of hydrogen-bond donors (Lipinski definition) is 0. The van der Waals surface area contributed by atoms with Crippen LogP contribution in [0, 0.1) is 0 Å². The van der Waals surface area contributed by atoms with Crippen molar-refractivity contribution in [1.29, 1.82) is 0 Å². The maximum absolute atomic E-state index is 10.7. The summed E-state index contributed by atoms with van der Waals surface area (Å²) in [6, 6.07) is 0.871. The van der Waals surface area contributed by atoms with Gasteiger partial charge in [-0.05, 0) is 33.6 Å². The van der Waals surface area contributed by atoms with E-state index in [0.29, 0.717) is 19.8 Å². The van der Waals surface area contributed by atoms with Crippen molar-refractivity contribution in [2.75, 3.05) is 19.8 Å². The zero-order valence-corrected chi connectivity index (χ0v) is 19.3. The van der Waals surface area contributed by atoms with Crippen LogP contribution in [0.25, 0.3) is 0 Å². The van der Waals surface area contributed by atoms with Gasteiger partial charge in [0.25, 0.3) is 0 Å². The Morgan fingerprint density at radius 1 is 0.862 bits per heavy atom. The molecule has 0 amide bonds. The van der Waals surface area contributed by atoms with Gasteiger partial charge in [-0.1, -0.05) is 13.3 Å². The minimum atomic E-state index is -10.7. The third-order valence-corrected chi connectivity index (χ3v) is 6.66. The first-order valence-electron chi connectivity index (χ1n) is 9.67. The monoisotopic (exact) mass is 474 g/mol. The Labute approximate surface area is 169 Å². The molecule has 0 N–H and O–H groups in total. The predicted molar refractivity (Wildman–Crippen MR) is 103 cm³/mol. The maximum atomic E-state index is 9.87. The Morgan fingerprint density at radius 2 is 1.34 bits per heavy atom. The fourth-order valence-electron chi connectivity index (χ4n) is 2.52. The number of rotatable bonds is 13. The molecule has 1 aromatic rings. The van der Waals surface area contributed by atoms with Gasteiger partial charge in [0.1, 0.15) is 12.4 Å². The molecule has 13 heteroatoms. The molecule has 1 heterocycles. The van der Waals surface area contributed by atoms with E-state index in [4.69, 9.17) is 13.3 Å². The summed E-state index contributed by atoms with van der Waals surface area (Å²) in [7, 11) is -13.1. The standard InChI is InChI=1S/C16H33N2O3Si.F6P/c1-5-9-11-17-13-14-18(16-17)12-10-15-22(19-6-2,20-7-3)21-8-4;1-7(2,3,4,5)6/h13-14,16H,5-12,15H2,1-4H3;/q+1;-1. The normalized spacial score (nSPS) is 14.7. The molecule has 0 bridgehead atoms. The second-order valence-electron chi connectivity index (χ2n) is 6.29. The van der Waals surface area contributed by atoms with Gasteiger partial charge >= 0.3 is 41.8 Å². The Morgan fingerprint density at radius 3 is 1.76 bits per heavy atom. The second kappa shape index (κ2) is 11.1. The SMILES string of the molecule is CCCCn1cc[n+](CCC[Si](OCC)(OCC)OCC)c1.F[P-](F)(F)(F)(F)F. The Kier molecular flexibility index (Phi) is 10.8. The van der Waals surface area contributed by atoms with E-state index < -0.39 is 16.6 Å². The topological polar surface area (TPSA) is 36.5 Å². The molecule has 0 saturated carbocycles. The Bertz CT molecular complexity index is 558. The van der Waals surface area contributed by atoms with Crippen LogP contribution in [0.3, 0.4) is 0 Å². The third-order valence-electron chi connectivity index (χ3n) is 3.51. The summed E-state index contributed by atoms with van der Waals surface area (Å²) in [6.07, 6.45) is 9.93. The molecule has 0 spiro atoms. The van der Waals surface area contributed by atoms with Crippen molar-refractivity contribution in [3.8, 4) is 0 Å². The van der Waals surface area contributed by atoms with E-state index >= 15 is 0 Å². The molecule has 1 rings (SSSR count). The van der Waals surface area contributed by atoms with Crippen LogP contribution in [-0.4, -0.2) is 33.2 Å². The summed E-state index contributed by atoms with van der Waals surface area (Å²) in [5.74, 6) is 0. The number of hydrogen-bond acceptors (Lipinski definition) is 3. The fraction of sp³-hybridized carbons (Fsp3) is 0.812. The van der Waals surface area contributed by atoms with E-state index in [1.165, 1.54) is 12.8 Å². The van der Waals surface area contributed by atoms with Gasteiger partial charge in [0.2, 0.25) is 6.33 Å². The molecule has 0 fully saturated rings. The Hall–Kier alpha value is -0.683. The van der Waals surface area contributed by atoms with E-state index in [1.807, 2.05) is 20.8 Å². The summed E-state index contributed by atoms with van der Waals surface area (Å²) in [6.45, 7) is 12.2. The third kappa shape index (κ3) is 17.9. The summed E-state index contributed by atoms with van der Waals surface area (Å²) in [5.41, 5.74) is 0. The van der Waals surface area contributed by atoms with E-state index in [-0.39, 0.29) is 0 Å². The average molecular weight is 474 g/mol. The number of imidazole rings is 1. The molecule has 0 aliphatic heterocycles. The van der Waals surface area contributed by atoms with Gasteiger partial charge in [0.05, 0.1) is 13.1 Å². The predicted octanol–water partition coefficient (Wildman–Crippen LogP) is 6.40. The van der Waals surface area contributed by atoms with Crippen molar-refractivity contribution in [1.82, 2.24) is 4.57 Å². The van der Waals surface area contributed by atoms with Gasteiger partial charge < -0.3 is 13.3 Å². The van der Waals surface area contributed by atoms with Gasteiger partial charge in [0, 0.05) is 25.9 Å². The first kappa shape index (κ1) is 28.3. The summed E-state index contributed by atoms with van der Waals surface area (Å²) in [4.78, 5) is 0. The molecule has 0 aromatic carbocycles. The number of halogens is 6. The molecule has 0 aliphatic carbocycles. The van der Waals surface area contributed by atoms with E-state index in [1.54, 1.807) is 0 Å². The zero-order valence-electron chi connectivity index (χ0n) is 17.4. The van der Waals surface area contributed by atoms with Crippen molar-refractivity contribution < 1.29 is 43.0 Å². The fourth-order valence-corrected chi connectivity index (χ4v) is 5.12. The van der Waals surface area contributed by atoms with Gasteiger partial charge in [-0.2, -0.15) is 0 Å². The van der Waals surface area contributed by atoms with E-state index in [0.717, 1.165) is 25.6 Å². The summed E-state index contributed by atoms with van der Waals surface area (Å²) >= 11 is 0. The van der Waals surface area contributed by atoms with E-state index in [2.05, 4.69) is 34.8 Å². The molecule has 0 aliphatic rings. The van der Waals surface area contributed by atoms with Crippen LogP contribution in [0.15, 0.2) is 18.7 Å². The summed E-state index contributed by atoms with van der Waals surface area (Å²) in [5, 5.41) is 0. The van der Waals surface area contributed by atoms with Crippen LogP contribution in [0.4, 0.5) is 25.2 Å². The van der Waals surface area contributed by atoms with Gasteiger partial charge in [-0.3, -0.25) is 0 Å². The minimum absolute atomic E-state index is 0.646. The van der Waals surface area contributed by atoms with Crippen LogP contribution in [0.2, 0.25) is 6.04 Å². The molecule has 0 atom stereocenters. The van der Waals surface area contributed by atoms with Crippen molar-refractivity contribution in [2.24, 2.45) is 0 Å². The molecule has 0 radical (unpaired) electrons. The van der Waals surface area contributed by atoms with Crippen molar-refractivity contribution >= 4 is 16.6 Å². The number of aromatic nitrogens is 2. The van der Waals surface area contributed by atoms with Crippen molar-refractivity contribution in [3.05, 3.63) is 18.7 Å². The average Bonchev–Trinajstić information content (AvgIpc) is 2.98. The van der Waals surface area contributed by atoms with Crippen LogP contribution in [-0.2, 0) is 26.4 Å². The first-order valence-corrected chi connectivity index (χ1v) is 13.6. The Balaban J connectivity index is 0.000000956. The van der Waals surface area contributed by atoms with Gasteiger partial charge in [-0.15, -0.1) is 0 Å². The molecule has 1 aromatic heterocycles. The van der Waals surface area contributed by atoms with Crippen molar-refractivity contribution in [2.45, 2.75) is 66.1 Å². The van der Waals surface area contributed by atoms with E-state index in [9.17, 15) is 25.2 Å². The van der Waals surface area contributed by atoms with Gasteiger partial charge in [0.15, 0.2) is 0 Å². The summed E-state index contributed by atoms with van der Waals surface area (Å²) < 4.78 is 81.3. The number of aryl methyl sites for hydroxylation is 2. The number of nitrogens with zero attached hydrogens (tertiary/aromatic N) is 2. The number of unbranched alkanes of at least 4 members (excludes halogenated alkanes) is 1. The molecule has 0 saturated heterocycles. The molecule has 176 valence electrons. The van der Waals surface area contributed by atoms with Crippen molar-refractivity contribution in [3.63, 3.8) is 0 Å². The molecule has 29 heavy (non-hydrogen) atoms. The molecule has 0 unspecified atom stereocenters. The molecule has 5 nitrogen and oxygen atoms in total. The zero-order chi connectivity index (χ0) is 22.7. The quantitative estimate of drug-likeness (QED) is 0.144. The molecular weight excluding hydrogens is 441 g/mol. The first-order chi connectivity index (χ1) is 13.1. The second-order valence-corrected chi connectivity index (χ2v) is 10.9.